The van der Waals surface area contributed by atoms with Crippen LogP contribution in [0, 0.1) is 19.8 Å². The van der Waals surface area contributed by atoms with Crippen LogP contribution < -0.4 is 10.2 Å². The Morgan fingerprint density at radius 3 is 2.21 bits per heavy atom. The molecule has 0 aromatic heterocycles. The summed E-state index contributed by atoms with van der Waals surface area (Å²) < 4.78 is 38.7. The minimum Gasteiger partial charge on any atom is -0.404 e. The van der Waals surface area contributed by atoms with E-state index in [9.17, 15) is 8.42 Å². The largest absolute Gasteiger partial charge is 0.494 e. The summed E-state index contributed by atoms with van der Waals surface area (Å²) in [5.74, 6) is 0. The van der Waals surface area contributed by atoms with E-state index < -0.39 is 10.0 Å². The minimum absolute atomic E-state index is 0.266. The lowest BCUT2D eigenvalue weighted by atomic mass is 9.79. The van der Waals surface area contributed by atoms with Gasteiger partial charge in [0.2, 0.25) is 10.0 Å². The number of nitrogens with one attached hydrogen (secondary N) is 1. The van der Waals surface area contributed by atoms with E-state index in [1.165, 1.54) is 0 Å². The van der Waals surface area contributed by atoms with Gasteiger partial charge in [0.1, 0.15) is 0 Å². The number of sulfonamides is 1. The molecular formula is C21H26BNO4S. The Balaban J connectivity index is 0.00000136. The summed E-state index contributed by atoms with van der Waals surface area (Å²) in [5.41, 5.74) is 2.79. The fraction of sp³-hybridized carbons (Fsp3) is 0.333. The Morgan fingerprint density at radius 1 is 1.07 bits per heavy atom. The molecule has 0 amide bonds. The van der Waals surface area contributed by atoms with Gasteiger partial charge in [-0.1, -0.05) is 42.0 Å². The summed E-state index contributed by atoms with van der Waals surface area (Å²) in [5, 5.41) is 0. The number of terminal acetylenes is 1. The third-order valence-electron chi connectivity index (χ3n) is 4.30. The summed E-state index contributed by atoms with van der Waals surface area (Å²) in [6, 6.07) is 14.7. The Morgan fingerprint density at radius 2 is 1.68 bits per heavy atom. The highest BCUT2D eigenvalue weighted by atomic mass is 32.2. The molecule has 0 spiro atoms. The predicted octanol–water partition coefficient (Wildman–Crippen LogP) is 2.29. The van der Waals surface area contributed by atoms with Gasteiger partial charge in [0.05, 0.1) is 17.1 Å². The molecule has 7 heteroatoms. The second-order valence-corrected chi connectivity index (χ2v) is 8.99. The van der Waals surface area contributed by atoms with Gasteiger partial charge in [-0.3, -0.25) is 0 Å². The van der Waals surface area contributed by atoms with Gasteiger partial charge in [0.15, 0.2) is 0 Å². The van der Waals surface area contributed by atoms with Crippen LogP contribution in [-0.4, -0.2) is 34.3 Å². The molecule has 2 aromatic carbocycles. The molecular weight excluding hydrogens is 373 g/mol. The van der Waals surface area contributed by atoms with Crippen LogP contribution in [0.3, 0.4) is 0 Å². The average Bonchev–Trinajstić information content (AvgIpc) is 3.04. The summed E-state index contributed by atoms with van der Waals surface area (Å²) in [7, 11) is -3.81. The molecule has 1 fully saturated rings. The van der Waals surface area contributed by atoms with Gasteiger partial charge < -0.3 is 9.31 Å². The monoisotopic (exact) mass is 399 g/mol. The summed E-state index contributed by atoms with van der Waals surface area (Å²) >= 11 is 0. The number of benzene rings is 2. The molecule has 2 aromatic rings. The third-order valence-corrected chi connectivity index (χ3v) is 5.77. The lowest BCUT2D eigenvalue weighted by Crippen LogP contribution is -2.34. The third kappa shape index (κ3) is 5.95. The van der Waals surface area contributed by atoms with Gasteiger partial charge in [-0.15, -0.1) is 12.8 Å². The van der Waals surface area contributed by atoms with Crippen LogP contribution in [0.4, 0.5) is 0 Å². The fourth-order valence-electron chi connectivity index (χ4n) is 2.77. The van der Waals surface area contributed by atoms with E-state index in [2.05, 4.69) is 17.6 Å². The van der Waals surface area contributed by atoms with Gasteiger partial charge in [0, 0.05) is 6.54 Å². The molecule has 0 aliphatic carbocycles. The van der Waals surface area contributed by atoms with E-state index in [1.54, 1.807) is 24.3 Å². The first-order valence-electron chi connectivity index (χ1n) is 9.03. The number of hydrogen-bond donors (Lipinski definition) is 1. The molecule has 0 atom stereocenters. The first kappa shape index (κ1) is 22.2. The fourth-order valence-corrected chi connectivity index (χ4v) is 3.80. The van der Waals surface area contributed by atoms with Crippen molar-refractivity contribution in [2.75, 3.05) is 13.2 Å². The van der Waals surface area contributed by atoms with Crippen molar-refractivity contribution in [3.8, 4) is 12.8 Å². The van der Waals surface area contributed by atoms with Crippen LogP contribution >= 0.6 is 0 Å². The van der Waals surface area contributed by atoms with Gasteiger partial charge in [-0.25, -0.2) is 13.1 Å². The zero-order valence-electron chi connectivity index (χ0n) is 16.5. The van der Waals surface area contributed by atoms with E-state index in [4.69, 9.17) is 9.31 Å². The second-order valence-electron chi connectivity index (χ2n) is 7.22. The van der Waals surface area contributed by atoms with E-state index in [0.717, 1.165) is 16.6 Å². The van der Waals surface area contributed by atoms with Gasteiger partial charge in [0.25, 0.3) is 0 Å². The van der Waals surface area contributed by atoms with E-state index in [0.29, 0.717) is 19.6 Å². The average molecular weight is 399 g/mol. The van der Waals surface area contributed by atoms with Crippen LogP contribution in [0.1, 0.15) is 25.0 Å². The van der Waals surface area contributed by atoms with Crippen molar-refractivity contribution in [3.05, 3.63) is 59.7 Å². The van der Waals surface area contributed by atoms with Crippen LogP contribution in [0.25, 0.3) is 0 Å². The van der Waals surface area contributed by atoms with Crippen molar-refractivity contribution in [1.29, 1.82) is 0 Å². The normalized spacial score (nSPS) is 15.7. The molecule has 0 unspecified atom stereocenters. The highest BCUT2D eigenvalue weighted by molar-refractivity contribution is 7.89. The first-order chi connectivity index (χ1) is 13.3. The number of hydrogen-bond acceptors (Lipinski definition) is 4. The van der Waals surface area contributed by atoms with E-state index in [1.807, 2.05) is 45.0 Å². The molecule has 1 heterocycles. The van der Waals surface area contributed by atoms with E-state index >= 15 is 0 Å². The SMILES string of the molecule is C#C.Cc1ccc(S(=O)(=O)NCCc2ccc(B3OCC(C)(C)O3)cc2)cc1. The van der Waals surface area contributed by atoms with Crippen molar-refractivity contribution >= 4 is 22.6 Å². The lowest BCUT2D eigenvalue weighted by molar-refractivity contribution is 0.137. The standard InChI is InChI=1S/C19H24BNO4S.C2H2/c1-15-4-10-18(11-5-15)26(22,23)21-13-12-16-6-8-17(9-7-16)20-24-14-19(2,3)25-20;1-2/h4-11,21H,12-14H2,1-3H3;1-2H. The minimum atomic E-state index is -3.47. The lowest BCUT2D eigenvalue weighted by Gasteiger charge is -2.15. The summed E-state index contributed by atoms with van der Waals surface area (Å²) in [6.07, 6.45) is 8.61. The van der Waals surface area contributed by atoms with Crippen molar-refractivity contribution in [3.63, 3.8) is 0 Å². The molecule has 0 bridgehead atoms. The van der Waals surface area contributed by atoms with Crippen LogP contribution in [-0.2, 0) is 25.8 Å². The highest BCUT2D eigenvalue weighted by Crippen LogP contribution is 2.19. The van der Waals surface area contributed by atoms with Gasteiger partial charge in [-0.05, 0) is 50.4 Å². The van der Waals surface area contributed by atoms with E-state index in [-0.39, 0.29) is 17.6 Å². The molecule has 1 saturated heterocycles. The van der Waals surface area contributed by atoms with Crippen molar-refractivity contribution in [2.45, 2.75) is 37.7 Å². The molecule has 1 aliphatic heterocycles. The zero-order valence-corrected chi connectivity index (χ0v) is 17.3. The van der Waals surface area contributed by atoms with Crippen molar-refractivity contribution < 1.29 is 17.7 Å². The zero-order chi connectivity index (χ0) is 20.8. The summed E-state index contributed by atoms with van der Waals surface area (Å²) in [4.78, 5) is 0.289. The quantitative estimate of drug-likeness (QED) is 0.598. The predicted molar refractivity (Wildman–Crippen MR) is 113 cm³/mol. The number of rotatable bonds is 6. The summed E-state index contributed by atoms with van der Waals surface area (Å²) in [6.45, 7) is 6.85. The second kappa shape index (κ2) is 9.40. The Bertz CT molecular complexity index is 890. The topological polar surface area (TPSA) is 64.6 Å². The van der Waals surface area contributed by atoms with Crippen LogP contribution in [0.2, 0.25) is 0 Å². The van der Waals surface area contributed by atoms with Crippen LogP contribution in [0.5, 0.6) is 0 Å². The molecule has 5 nitrogen and oxygen atoms in total. The Kier molecular flexibility index (Phi) is 7.45. The maximum absolute atomic E-state index is 12.3. The molecule has 3 rings (SSSR count). The van der Waals surface area contributed by atoms with Gasteiger partial charge in [-0.2, -0.15) is 0 Å². The smallest absolute Gasteiger partial charge is 0.404 e. The molecule has 0 saturated carbocycles. The maximum Gasteiger partial charge on any atom is 0.494 e. The number of aryl methyl sites for hydroxylation is 1. The molecule has 1 N–H and O–H groups in total. The Hall–Kier alpha value is -2.11. The molecule has 28 heavy (non-hydrogen) atoms. The molecule has 1 aliphatic rings. The Labute approximate surface area is 168 Å². The van der Waals surface area contributed by atoms with Crippen LogP contribution in [0.15, 0.2) is 53.4 Å². The van der Waals surface area contributed by atoms with Crippen molar-refractivity contribution in [1.82, 2.24) is 4.72 Å². The molecule has 0 radical (unpaired) electrons. The highest BCUT2D eigenvalue weighted by Gasteiger charge is 2.37. The maximum atomic E-state index is 12.3. The molecule has 148 valence electrons. The van der Waals surface area contributed by atoms with Crippen molar-refractivity contribution in [2.24, 2.45) is 0 Å². The van der Waals surface area contributed by atoms with Gasteiger partial charge >= 0.3 is 7.12 Å². The first-order valence-corrected chi connectivity index (χ1v) is 10.5.